The number of nitrogens with zero attached hydrogens (tertiary/aromatic N) is 1. The average Bonchev–Trinajstić information content (AvgIpc) is 2.77. The van der Waals surface area contributed by atoms with Crippen molar-refractivity contribution in [3.05, 3.63) is 28.2 Å². The van der Waals surface area contributed by atoms with Crippen LogP contribution in [0.4, 0.5) is 5.69 Å². The van der Waals surface area contributed by atoms with Crippen molar-refractivity contribution in [2.45, 2.75) is 19.1 Å². The molecule has 0 aromatic heterocycles. The van der Waals surface area contributed by atoms with Crippen LogP contribution in [0.25, 0.3) is 0 Å². The second-order valence-corrected chi connectivity index (χ2v) is 4.94. The zero-order valence-corrected chi connectivity index (χ0v) is 10.9. The van der Waals surface area contributed by atoms with Crippen LogP contribution in [-0.4, -0.2) is 31.4 Å². The van der Waals surface area contributed by atoms with E-state index in [1.165, 1.54) is 0 Å². The van der Waals surface area contributed by atoms with Gasteiger partial charge in [0.15, 0.2) is 0 Å². The number of anilines is 1. The van der Waals surface area contributed by atoms with Gasteiger partial charge in [-0.2, -0.15) is 0 Å². The molecule has 0 radical (unpaired) electrons. The minimum atomic E-state index is 0.0801. The molecular weight excluding hydrogens is 270 g/mol. The summed E-state index contributed by atoms with van der Waals surface area (Å²) in [5.41, 5.74) is 2.08. The maximum absolute atomic E-state index is 9.32. The molecule has 1 aliphatic rings. The minimum absolute atomic E-state index is 0.0801. The molecule has 1 unspecified atom stereocenters. The summed E-state index contributed by atoms with van der Waals surface area (Å²) < 4.78 is 6.39. The van der Waals surface area contributed by atoms with Crippen molar-refractivity contribution in [1.29, 1.82) is 0 Å². The van der Waals surface area contributed by atoms with E-state index in [-0.39, 0.29) is 6.61 Å². The van der Waals surface area contributed by atoms with Gasteiger partial charge in [-0.15, -0.1) is 0 Å². The number of hydrogen-bond acceptors (Lipinski definition) is 3. The molecule has 16 heavy (non-hydrogen) atoms. The molecule has 88 valence electrons. The highest BCUT2D eigenvalue weighted by atomic mass is 79.9. The highest BCUT2D eigenvalue weighted by Crippen LogP contribution is 2.28. The van der Waals surface area contributed by atoms with Crippen LogP contribution in [0.5, 0.6) is 0 Å². The van der Waals surface area contributed by atoms with Gasteiger partial charge in [0, 0.05) is 35.9 Å². The lowest BCUT2D eigenvalue weighted by molar-refractivity contribution is 0.121. The van der Waals surface area contributed by atoms with Gasteiger partial charge >= 0.3 is 0 Å². The van der Waals surface area contributed by atoms with E-state index < -0.39 is 0 Å². The molecule has 1 atom stereocenters. The first-order chi connectivity index (χ1) is 7.74. The van der Waals surface area contributed by atoms with Gasteiger partial charge in [0.25, 0.3) is 0 Å². The molecule has 1 heterocycles. The van der Waals surface area contributed by atoms with Crippen molar-refractivity contribution in [2.24, 2.45) is 0 Å². The second kappa shape index (κ2) is 5.17. The number of methoxy groups -OCH3 is 1. The summed E-state index contributed by atoms with van der Waals surface area (Å²) >= 11 is 3.47. The van der Waals surface area contributed by atoms with Gasteiger partial charge in [0.2, 0.25) is 0 Å². The Balaban J connectivity index is 2.22. The smallest absolute Gasteiger partial charge is 0.0762 e. The molecule has 1 fully saturated rings. The topological polar surface area (TPSA) is 32.7 Å². The fraction of sp³-hybridized carbons (Fsp3) is 0.500. The van der Waals surface area contributed by atoms with E-state index in [1.807, 2.05) is 12.1 Å². The van der Waals surface area contributed by atoms with Crippen LogP contribution in [0.2, 0.25) is 0 Å². The summed E-state index contributed by atoms with van der Waals surface area (Å²) in [6.45, 7) is 1.97. The van der Waals surface area contributed by atoms with Crippen molar-refractivity contribution in [3.8, 4) is 0 Å². The second-order valence-electron chi connectivity index (χ2n) is 4.02. The van der Waals surface area contributed by atoms with Gasteiger partial charge in [-0.25, -0.2) is 0 Å². The molecule has 0 saturated carbocycles. The average molecular weight is 286 g/mol. The van der Waals surface area contributed by atoms with E-state index in [1.54, 1.807) is 7.11 Å². The standard InChI is InChI=1S/C12H16BrNO2/c1-16-11-4-5-14(7-11)12-6-10(13)3-2-9(12)8-15/h2-3,6,11,15H,4-5,7-8H2,1H3. The van der Waals surface area contributed by atoms with Crippen LogP contribution in [0.3, 0.4) is 0 Å². The molecule has 4 heteroatoms. The van der Waals surface area contributed by atoms with Crippen LogP contribution in [0, 0.1) is 0 Å². The molecule has 1 aliphatic heterocycles. The van der Waals surface area contributed by atoms with Gasteiger partial charge < -0.3 is 14.7 Å². The molecule has 3 nitrogen and oxygen atoms in total. The Morgan fingerprint density at radius 2 is 2.38 bits per heavy atom. The number of aliphatic hydroxyl groups is 1. The van der Waals surface area contributed by atoms with Crippen molar-refractivity contribution < 1.29 is 9.84 Å². The largest absolute Gasteiger partial charge is 0.392 e. The first-order valence-corrected chi connectivity index (χ1v) is 6.21. The predicted molar refractivity (Wildman–Crippen MR) is 67.7 cm³/mol. The highest BCUT2D eigenvalue weighted by Gasteiger charge is 2.23. The minimum Gasteiger partial charge on any atom is -0.392 e. The molecule has 1 saturated heterocycles. The van der Waals surface area contributed by atoms with Crippen LogP contribution in [0.1, 0.15) is 12.0 Å². The van der Waals surface area contributed by atoms with Crippen molar-refractivity contribution in [2.75, 3.05) is 25.1 Å². The Morgan fingerprint density at radius 3 is 3.00 bits per heavy atom. The molecule has 1 aromatic rings. The lowest BCUT2D eigenvalue weighted by Gasteiger charge is -2.21. The van der Waals surface area contributed by atoms with E-state index in [0.29, 0.717) is 6.10 Å². The maximum Gasteiger partial charge on any atom is 0.0762 e. The third-order valence-electron chi connectivity index (χ3n) is 3.04. The van der Waals surface area contributed by atoms with Crippen molar-refractivity contribution in [1.82, 2.24) is 0 Å². The van der Waals surface area contributed by atoms with Crippen molar-refractivity contribution in [3.63, 3.8) is 0 Å². The van der Waals surface area contributed by atoms with Crippen LogP contribution >= 0.6 is 15.9 Å². The third-order valence-corrected chi connectivity index (χ3v) is 3.53. The number of benzene rings is 1. The van der Waals surface area contributed by atoms with Gasteiger partial charge in [0.05, 0.1) is 12.7 Å². The fourth-order valence-electron chi connectivity index (χ4n) is 2.10. The zero-order valence-electron chi connectivity index (χ0n) is 9.32. The van der Waals surface area contributed by atoms with Gasteiger partial charge in [0.1, 0.15) is 0 Å². The fourth-order valence-corrected chi connectivity index (χ4v) is 2.45. The van der Waals surface area contributed by atoms with Gasteiger partial charge in [-0.1, -0.05) is 22.0 Å². The molecule has 0 amide bonds. The van der Waals surface area contributed by atoms with Crippen molar-refractivity contribution >= 4 is 21.6 Å². The molecular formula is C12H16BrNO2. The number of rotatable bonds is 3. The molecule has 1 aromatic carbocycles. The van der Waals surface area contributed by atoms with Crippen LogP contribution in [0.15, 0.2) is 22.7 Å². The Kier molecular flexibility index (Phi) is 3.84. The lowest BCUT2D eigenvalue weighted by atomic mass is 10.2. The Labute approximate surface area is 104 Å². The number of halogens is 1. The normalized spacial score (nSPS) is 20.4. The van der Waals surface area contributed by atoms with E-state index in [4.69, 9.17) is 4.74 Å². The lowest BCUT2D eigenvalue weighted by Crippen LogP contribution is -2.23. The maximum atomic E-state index is 9.32. The summed E-state index contributed by atoms with van der Waals surface area (Å²) in [5, 5.41) is 9.32. The Morgan fingerprint density at radius 1 is 1.56 bits per heavy atom. The molecule has 0 bridgehead atoms. The predicted octanol–water partition coefficient (Wildman–Crippen LogP) is 2.17. The van der Waals surface area contributed by atoms with Gasteiger partial charge in [-0.05, 0) is 18.6 Å². The summed E-state index contributed by atoms with van der Waals surface area (Å²) in [7, 11) is 1.75. The van der Waals surface area contributed by atoms with E-state index >= 15 is 0 Å². The monoisotopic (exact) mass is 285 g/mol. The Hall–Kier alpha value is -0.580. The molecule has 2 rings (SSSR count). The van der Waals surface area contributed by atoms with E-state index in [0.717, 1.165) is 35.2 Å². The summed E-state index contributed by atoms with van der Waals surface area (Å²) in [6, 6.07) is 5.97. The number of aliphatic hydroxyl groups excluding tert-OH is 1. The molecule has 0 aliphatic carbocycles. The molecule has 0 spiro atoms. The zero-order chi connectivity index (χ0) is 11.5. The van der Waals surface area contributed by atoms with Crippen LogP contribution < -0.4 is 4.90 Å². The summed E-state index contributed by atoms with van der Waals surface area (Å²) in [5.74, 6) is 0. The van der Waals surface area contributed by atoms with Gasteiger partial charge in [-0.3, -0.25) is 0 Å². The van der Waals surface area contributed by atoms with E-state index in [2.05, 4.69) is 26.9 Å². The van der Waals surface area contributed by atoms with Crippen LogP contribution in [-0.2, 0) is 11.3 Å². The first-order valence-electron chi connectivity index (χ1n) is 5.41. The van der Waals surface area contributed by atoms with E-state index in [9.17, 15) is 5.11 Å². The molecule has 1 N–H and O–H groups in total. The summed E-state index contributed by atoms with van der Waals surface area (Å²) in [4.78, 5) is 2.27. The highest BCUT2D eigenvalue weighted by molar-refractivity contribution is 9.10. The SMILES string of the molecule is COC1CCN(c2cc(Br)ccc2CO)C1. The Bertz CT molecular complexity index is 370. The third kappa shape index (κ3) is 2.39. The quantitative estimate of drug-likeness (QED) is 0.924. The summed E-state index contributed by atoms with van der Waals surface area (Å²) in [6.07, 6.45) is 1.36. The number of ether oxygens (including phenoxy) is 1. The number of hydrogen-bond donors (Lipinski definition) is 1. The first kappa shape index (κ1) is 11.9.